The molecule has 1 N–H and O–H groups in total. The average molecular weight is 272 g/mol. The molecule has 0 aliphatic heterocycles. The number of carbonyl (C=O) groups excluding carboxylic acids is 1. The largest absolute Gasteiger partial charge is 0.351 e. The van der Waals surface area contributed by atoms with Gasteiger partial charge in [0.25, 0.3) is 0 Å². The van der Waals surface area contributed by atoms with Gasteiger partial charge >= 0.3 is 0 Å². The second-order valence-corrected chi connectivity index (χ2v) is 6.01. The van der Waals surface area contributed by atoms with Crippen LogP contribution >= 0.6 is 23.4 Å². The highest BCUT2D eigenvalue weighted by molar-refractivity contribution is 8.00. The number of benzene rings is 1. The summed E-state index contributed by atoms with van der Waals surface area (Å²) in [6.07, 6.45) is 0.921. The smallest absolute Gasteiger partial charge is 0.230 e. The summed E-state index contributed by atoms with van der Waals surface area (Å²) in [5.41, 5.74) is -0.127. The van der Waals surface area contributed by atoms with Gasteiger partial charge in [0.15, 0.2) is 0 Å². The molecule has 0 aromatic heterocycles. The number of carbonyl (C=O) groups is 1. The standard InChI is InChI=1S/C13H18ClNOS/c1-4-13(2,3)15-12(16)9-17-11-7-5-10(14)6-8-11/h5-8H,4,9H2,1-3H3,(H,15,16). The molecule has 94 valence electrons. The fraction of sp³-hybridized carbons (Fsp3) is 0.462. The zero-order valence-electron chi connectivity index (χ0n) is 10.4. The lowest BCUT2D eigenvalue weighted by Gasteiger charge is -2.24. The molecule has 0 aliphatic rings. The Bertz CT molecular complexity index is 376. The zero-order valence-corrected chi connectivity index (χ0v) is 12.0. The maximum absolute atomic E-state index is 11.7. The highest BCUT2D eigenvalue weighted by Crippen LogP contribution is 2.20. The fourth-order valence-corrected chi connectivity index (χ4v) is 2.01. The van der Waals surface area contributed by atoms with Crippen LogP contribution in [0.2, 0.25) is 5.02 Å². The van der Waals surface area contributed by atoms with Crippen molar-refractivity contribution in [1.82, 2.24) is 5.32 Å². The second-order valence-electron chi connectivity index (χ2n) is 4.53. The molecular formula is C13H18ClNOS. The predicted molar refractivity (Wildman–Crippen MR) is 74.7 cm³/mol. The van der Waals surface area contributed by atoms with Gasteiger partial charge in [-0.15, -0.1) is 11.8 Å². The maximum Gasteiger partial charge on any atom is 0.230 e. The van der Waals surface area contributed by atoms with Crippen molar-refractivity contribution in [2.75, 3.05) is 5.75 Å². The number of hydrogen-bond acceptors (Lipinski definition) is 2. The van der Waals surface area contributed by atoms with Crippen molar-refractivity contribution in [3.8, 4) is 0 Å². The average Bonchev–Trinajstić information content (AvgIpc) is 2.28. The molecule has 0 atom stereocenters. The Kier molecular flexibility index (Phi) is 5.34. The molecule has 1 aromatic rings. The molecular weight excluding hydrogens is 254 g/mol. The Labute approximate surface area is 112 Å². The van der Waals surface area contributed by atoms with Gasteiger partial charge in [-0.05, 0) is 44.5 Å². The van der Waals surface area contributed by atoms with Gasteiger partial charge in [-0.25, -0.2) is 0 Å². The number of amides is 1. The summed E-state index contributed by atoms with van der Waals surface area (Å²) < 4.78 is 0. The van der Waals surface area contributed by atoms with Gasteiger partial charge in [0.1, 0.15) is 0 Å². The van der Waals surface area contributed by atoms with Crippen LogP contribution < -0.4 is 5.32 Å². The first-order valence-corrected chi connectivity index (χ1v) is 6.99. The van der Waals surface area contributed by atoms with Crippen LogP contribution in [0.15, 0.2) is 29.2 Å². The normalized spacial score (nSPS) is 11.3. The number of thioether (sulfide) groups is 1. The molecule has 0 heterocycles. The Balaban J connectivity index is 2.41. The van der Waals surface area contributed by atoms with E-state index in [1.807, 2.05) is 38.1 Å². The quantitative estimate of drug-likeness (QED) is 0.827. The van der Waals surface area contributed by atoms with Gasteiger partial charge < -0.3 is 5.32 Å². The van der Waals surface area contributed by atoms with Crippen LogP contribution in [0.4, 0.5) is 0 Å². The molecule has 0 bridgehead atoms. The molecule has 1 rings (SSSR count). The molecule has 0 radical (unpaired) electrons. The van der Waals surface area contributed by atoms with Crippen LogP contribution in [-0.2, 0) is 4.79 Å². The number of hydrogen-bond donors (Lipinski definition) is 1. The first-order chi connectivity index (χ1) is 7.93. The second kappa shape index (κ2) is 6.31. The van der Waals surface area contributed by atoms with E-state index in [9.17, 15) is 4.79 Å². The lowest BCUT2D eigenvalue weighted by Crippen LogP contribution is -2.43. The molecule has 1 amide bonds. The highest BCUT2D eigenvalue weighted by Gasteiger charge is 2.17. The first-order valence-electron chi connectivity index (χ1n) is 5.62. The van der Waals surface area contributed by atoms with Crippen molar-refractivity contribution in [2.24, 2.45) is 0 Å². The molecule has 17 heavy (non-hydrogen) atoms. The summed E-state index contributed by atoms with van der Waals surface area (Å²) in [7, 11) is 0. The zero-order chi connectivity index (χ0) is 12.9. The highest BCUT2D eigenvalue weighted by atomic mass is 35.5. The van der Waals surface area contributed by atoms with Gasteiger partial charge in [-0.1, -0.05) is 18.5 Å². The van der Waals surface area contributed by atoms with E-state index in [1.165, 1.54) is 11.8 Å². The van der Waals surface area contributed by atoms with Crippen molar-refractivity contribution in [1.29, 1.82) is 0 Å². The van der Waals surface area contributed by atoms with Gasteiger partial charge in [-0.2, -0.15) is 0 Å². The molecule has 0 aliphatic carbocycles. The summed E-state index contributed by atoms with van der Waals surface area (Å²) in [5, 5.41) is 3.72. The molecule has 1 aromatic carbocycles. The molecule has 0 saturated heterocycles. The number of nitrogens with one attached hydrogen (secondary N) is 1. The van der Waals surface area contributed by atoms with Crippen LogP contribution in [-0.4, -0.2) is 17.2 Å². The third-order valence-electron chi connectivity index (χ3n) is 2.55. The van der Waals surface area contributed by atoms with E-state index in [0.29, 0.717) is 10.8 Å². The third kappa shape index (κ3) is 5.46. The lowest BCUT2D eigenvalue weighted by molar-refractivity contribution is -0.120. The van der Waals surface area contributed by atoms with E-state index in [2.05, 4.69) is 12.2 Å². The summed E-state index contributed by atoms with van der Waals surface area (Å²) in [6, 6.07) is 7.51. The Morgan fingerprint density at radius 3 is 2.47 bits per heavy atom. The van der Waals surface area contributed by atoms with Gasteiger partial charge in [0.05, 0.1) is 5.75 Å². The Morgan fingerprint density at radius 1 is 1.35 bits per heavy atom. The van der Waals surface area contributed by atoms with Crippen LogP contribution in [0, 0.1) is 0 Å². The van der Waals surface area contributed by atoms with Crippen molar-refractivity contribution in [3.63, 3.8) is 0 Å². The van der Waals surface area contributed by atoms with Crippen LogP contribution in [0.1, 0.15) is 27.2 Å². The summed E-state index contributed by atoms with van der Waals surface area (Å²) in [5.74, 6) is 0.502. The lowest BCUT2D eigenvalue weighted by atomic mass is 10.0. The van der Waals surface area contributed by atoms with Crippen molar-refractivity contribution < 1.29 is 4.79 Å². The van der Waals surface area contributed by atoms with Crippen molar-refractivity contribution >= 4 is 29.3 Å². The fourth-order valence-electron chi connectivity index (χ4n) is 1.18. The first kappa shape index (κ1) is 14.4. The molecule has 4 heteroatoms. The maximum atomic E-state index is 11.7. The minimum atomic E-state index is -0.127. The Morgan fingerprint density at radius 2 is 1.94 bits per heavy atom. The van der Waals surface area contributed by atoms with Crippen LogP contribution in [0.3, 0.4) is 0 Å². The van der Waals surface area contributed by atoms with Crippen LogP contribution in [0.5, 0.6) is 0 Å². The van der Waals surface area contributed by atoms with E-state index >= 15 is 0 Å². The molecule has 0 fully saturated rings. The van der Waals surface area contributed by atoms with Gasteiger partial charge in [-0.3, -0.25) is 4.79 Å². The summed E-state index contributed by atoms with van der Waals surface area (Å²) >= 11 is 7.31. The van der Waals surface area contributed by atoms with E-state index in [1.54, 1.807) is 0 Å². The van der Waals surface area contributed by atoms with E-state index in [0.717, 1.165) is 11.3 Å². The summed E-state index contributed by atoms with van der Waals surface area (Å²) in [6.45, 7) is 6.11. The summed E-state index contributed by atoms with van der Waals surface area (Å²) in [4.78, 5) is 12.8. The molecule has 0 saturated carbocycles. The number of rotatable bonds is 5. The monoisotopic (exact) mass is 271 g/mol. The van der Waals surface area contributed by atoms with E-state index < -0.39 is 0 Å². The molecule has 0 spiro atoms. The Hall–Kier alpha value is -0.670. The minimum absolute atomic E-state index is 0.0665. The van der Waals surface area contributed by atoms with Gasteiger partial charge in [0, 0.05) is 15.5 Å². The van der Waals surface area contributed by atoms with E-state index in [4.69, 9.17) is 11.6 Å². The van der Waals surface area contributed by atoms with Crippen LogP contribution in [0.25, 0.3) is 0 Å². The molecule has 2 nitrogen and oxygen atoms in total. The SMILES string of the molecule is CCC(C)(C)NC(=O)CSc1ccc(Cl)cc1. The molecule has 0 unspecified atom stereocenters. The predicted octanol–water partition coefficient (Wildman–Crippen LogP) is 3.74. The van der Waals surface area contributed by atoms with Gasteiger partial charge in [0.2, 0.25) is 5.91 Å². The van der Waals surface area contributed by atoms with Crippen molar-refractivity contribution in [2.45, 2.75) is 37.6 Å². The number of halogens is 1. The van der Waals surface area contributed by atoms with Crippen molar-refractivity contribution in [3.05, 3.63) is 29.3 Å². The third-order valence-corrected chi connectivity index (χ3v) is 3.81. The van der Waals surface area contributed by atoms with E-state index in [-0.39, 0.29) is 11.4 Å². The topological polar surface area (TPSA) is 29.1 Å². The minimum Gasteiger partial charge on any atom is -0.351 e.